The highest BCUT2D eigenvalue weighted by Gasteiger charge is 2.56. The van der Waals surface area contributed by atoms with Crippen molar-refractivity contribution in [1.29, 1.82) is 0 Å². The summed E-state index contributed by atoms with van der Waals surface area (Å²) in [5.41, 5.74) is -0.785. The van der Waals surface area contributed by atoms with Crippen LogP contribution in [0.2, 0.25) is 0 Å². The van der Waals surface area contributed by atoms with Gasteiger partial charge in [0.05, 0.1) is 0 Å². The molecule has 2 aliphatic rings. The second-order valence-electron chi connectivity index (χ2n) is 5.55. The van der Waals surface area contributed by atoms with Gasteiger partial charge in [0.25, 0.3) is 5.78 Å². The summed E-state index contributed by atoms with van der Waals surface area (Å²) >= 11 is 0. The predicted molar refractivity (Wildman–Crippen MR) is 63.8 cm³/mol. The maximum atomic E-state index is 12.7. The fraction of sp³-hybridized carbons (Fsp3) is 0.692. The van der Waals surface area contributed by atoms with Crippen LogP contribution in [0.1, 0.15) is 39.0 Å². The minimum Gasteiger partial charge on any atom is -0.480 e. The Bertz CT molecular complexity index is 476. The van der Waals surface area contributed by atoms with Crippen LogP contribution in [-0.4, -0.2) is 29.1 Å². The van der Waals surface area contributed by atoms with Gasteiger partial charge >= 0.3 is 12.1 Å². The normalized spacial score (nSPS) is 22.6. The molecule has 0 bridgehead atoms. The van der Waals surface area contributed by atoms with E-state index >= 15 is 0 Å². The van der Waals surface area contributed by atoms with Crippen LogP contribution in [0.4, 0.5) is 13.2 Å². The first-order valence-corrected chi connectivity index (χ1v) is 6.52. The van der Waals surface area contributed by atoms with Crippen molar-refractivity contribution in [3.8, 4) is 0 Å². The zero-order chi connectivity index (χ0) is 15.1. The van der Waals surface area contributed by atoms with Crippen LogP contribution in [0.5, 0.6) is 0 Å². The number of alkyl halides is 3. The Morgan fingerprint density at radius 3 is 2.30 bits per heavy atom. The highest BCUT2D eigenvalue weighted by molar-refractivity contribution is 6.03. The molecule has 0 amide bonds. The summed E-state index contributed by atoms with van der Waals surface area (Å²) in [6.45, 7) is 1.34. The molecule has 112 valence electrons. The summed E-state index contributed by atoms with van der Waals surface area (Å²) in [6.07, 6.45) is -1.84. The van der Waals surface area contributed by atoms with E-state index in [1.165, 1.54) is 6.92 Å². The van der Waals surface area contributed by atoms with Gasteiger partial charge in [-0.05, 0) is 26.2 Å². The zero-order valence-corrected chi connectivity index (χ0v) is 11.0. The average Bonchev–Trinajstić information content (AvgIpc) is 2.77. The largest absolute Gasteiger partial charge is 0.480 e. The van der Waals surface area contributed by atoms with E-state index in [1.807, 2.05) is 0 Å². The maximum absolute atomic E-state index is 12.7. The van der Waals surface area contributed by atoms with Crippen molar-refractivity contribution in [2.75, 3.05) is 0 Å². The number of Topliss-reactive ketones (excluding diaryl/α,β-unsaturated/α-hetero) is 1. The minimum atomic E-state index is -4.91. The van der Waals surface area contributed by atoms with Gasteiger partial charge in [0.2, 0.25) is 0 Å². The van der Waals surface area contributed by atoms with Crippen LogP contribution >= 0.6 is 0 Å². The second kappa shape index (κ2) is 4.79. The third kappa shape index (κ3) is 2.41. The second-order valence-corrected chi connectivity index (χ2v) is 5.55. The molecule has 0 aliphatic heterocycles. The Balaban J connectivity index is 2.30. The Hall–Kier alpha value is -1.53. The van der Waals surface area contributed by atoms with E-state index in [1.54, 1.807) is 0 Å². The van der Waals surface area contributed by atoms with Gasteiger partial charge in [-0.25, -0.2) is 0 Å². The van der Waals surface area contributed by atoms with Gasteiger partial charge in [-0.15, -0.1) is 0 Å². The number of carboxylic acid groups (broad SMARTS) is 1. The number of nitrogens with one attached hydrogen (secondary N) is 1. The Kier molecular flexibility index (Phi) is 3.56. The standard InChI is InChI=1S/C13H16F3NO3/c1-7(11(19)20)17-8-6-12(4-2-3-5-12)9(8)10(18)13(14,15)16/h7,17H,2-6H2,1H3,(H,19,20). The van der Waals surface area contributed by atoms with Crippen molar-refractivity contribution in [2.45, 2.75) is 51.2 Å². The number of hydrogen-bond donors (Lipinski definition) is 2. The highest BCUT2D eigenvalue weighted by atomic mass is 19.4. The van der Waals surface area contributed by atoms with E-state index in [0.717, 1.165) is 12.8 Å². The van der Waals surface area contributed by atoms with Gasteiger partial charge in [-0.3, -0.25) is 9.59 Å². The topological polar surface area (TPSA) is 66.4 Å². The third-order valence-electron chi connectivity index (χ3n) is 4.15. The molecule has 2 N–H and O–H groups in total. The van der Waals surface area contributed by atoms with Crippen molar-refractivity contribution in [1.82, 2.24) is 5.32 Å². The molecule has 20 heavy (non-hydrogen) atoms. The lowest BCUT2D eigenvalue weighted by molar-refractivity contribution is -0.168. The maximum Gasteiger partial charge on any atom is 0.454 e. The van der Waals surface area contributed by atoms with Crippen LogP contribution < -0.4 is 5.32 Å². The zero-order valence-electron chi connectivity index (χ0n) is 11.0. The number of allylic oxidation sites excluding steroid dienone is 2. The van der Waals surface area contributed by atoms with Crippen LogP contribution in [0.25, 0.3) is 0 Å². The molecule has 4 nitrogen and oxygen atoms in total. The highest BCUT2D eigenvalue weighted by Crippen LogP contribution is 2.57. The molecule has 0 aromatic heterocycles. The summed E-state index contributed by atoms with van der Waals surface area (Å²) < 4.78 is 38.1. The van der Waals surface area contributed by atoms with E-state index < -0.39 is 29.4 Å². The lowest BCUT2D eigenvalue weighted by Crippen LogP contribution is -2.47. The monoisotopic (exact) mass is 291 g/mol. The van der Waals surface area contributed by atoms with Gasteiger partial charge in [-0.1, -0.05) is 12.8 Å². The fourth-order valence-corrected chi connectivity index (χ4v) is 3.17. The number of carbonyl (C=O) groups is 2. The molecule has 1 saturated carbocycles. The van der Waals surface area contributed by atoms with Gasteiger partial charge in [0.15, 0.2) is 0 Å². The minimum absolute atomic E-state index is 0.143. The molecule has 0 aromatic rings. The first kappa shape index (κ1) is 14.9. The number of aliphatic carboxylic acids is 1. The first-order chi connectivity index (χ1) is 9.17. The van der Waals surface area contributed by atoms with Crippen molar-refractivity contribution in [3.63, 3.8) is 0 Å². The predicted octanol–water partition coefficient (Wildman–Crippen LogP) is 2.40. The summed E-state index contributed by atoms with van der Waals surface area (Å²) in [6, 6.07) is -1.01. The Morgan fingerprint density at radius 2 is 1.85 bits per heavy atom. The first-order valence-electron chi connectivity index (χ1n) is 6.52. The molecule has 2 aliphatic carbocycles. The molecule has 0 saturated heterocycles. The van der Waals surface area contributed by atoms with Gasteiger partial charge < -0.3 is 10.4 Å². The van der Waals surface area contributed by atoms with Crippen molar-refractivity contribution >= 4 is 11.8 Å². The van der Waals surface area contributed by atoms with Crippen molar-refractivity contribution < 1.29 is 27.9 Å². The molecular weight excluding hydrogens is 275 g/mol. The van der Waals surface area contributed by atoms with Crippen molar-refractivity contribution in [2.24, 2.45) is 5.41 Å². The lowest BCUT2D eigenvalue weighted by atomic mass is 9.63. The van der Waals surface area contributed by atoms with Gasteiger partial charge in [0, 0.05) is 16.7 Å². The number of rotatable bonds is 4. The number of ketones is 1. The summed E-state index contributed by atoms with van der Waals surface area (Å²) in [5, 5.41) is 11.3. The van der Waals surface area contributed by atoms with Crippen LogP contribution in [0.3, 0.4) is 0 Å². The number of halogens is 3. The smallest absolute Gasteiger partial charge is 0.454 e. The lowest BCUT2D eigenvalue weighted by Gasteiger charge is -2.43. The molecule has 1 fully saturated rings. The summed E-state index contributed by atoms with van der Waals surface area (Å²) in [7, 11) is 0. The Morgan fingerprint density at radius 1 is 1.30 bits per heavy atom. The third-order valence-corrected chi connectivity index (χ3v) is 4.15. The van der Waals surface area contributed by atoms with E-state index in [2.05, 4.69) is 5.32 Å². The van der Waals surface area contributed by atoms with E-state index in [9.17, 15) is 22.8 Å². The molecule has 1 atom stereocenters. The molecule has 0 aromatic carbocycles. The summed E-state index contributed by atoms with van der Waals surface area (Å²) in [4.78, 5) is 22.4. The van der Waals surface area contributed by atoms with Crippen LogP contribution in [0, 0.1) is 5.41 Å². The van der Waals surface area contributed by atoms with Gasteiger partial charge in [-0.2, -0.15) is 13.2 Å². The SMILES string of the molecule is CC(NC1=C(C(=O)C(F)(F)F)C2(CCCC2)C1)C(=O)O. The molecule has 2 rings (SSSR count). The fourth-order valence-electron chi connectivity index (χ4n) is 3.17. The molecule has 0 heterocycles. The molecule has 7 heteroatoms. The van der Waals surface area contributed by atoms with E-state index in [-0.39, 0.29) is 11.3 Å². The van der Waals surface area contributed by atoms with Crippen LogP contribution in [0.15, 0.2) is 11.3 Å². The molecular formula is C13H16F3NO3. The van der Waals surface area contributed by atoms with E-state index in [0.29, 0.717) is 19.3 Å². The molecule has 0 radical (unpaired) electrons. The number of hydrogen-bond acceptors (Lipinski definition) is 3. The molecule has 1 spiro atoms. The Labute approximate surface area is 114 Å². The summed E-state index contributed by atoms with van der Waals surface area (Å²) in [5.74, 6) is -2.99. The van der Waals surface area contributed by atoms with Crippen molar-refractivity contribution in [3.05, 3.63) is 11.3 Å². The van der Waals surface area contributed by atoms with E-state index in [4.69, 9.17) is 5.11 Å². The van der Waals surface area contributed by atoms with Gasteiger partial charge in [0.1, 0.15) is 6.04 Å². The van der Waals surface area contributed by atoms with Crippen LogP contribution in [-0.2, 0) is 9.59 Å². The number of carboxylic acids is 1. The average molecular weight is 291 g/mol. The quantitative estimate of drug-likeness (QED) is 0.834. The number of carbonyl (C=O) groups excluding carboxylic acids is 1. The molecule has 1 unspecified atom stereocenters.